The summed E-state index contributed by atoms with van der Waals surface area (Å²) in [5, 5.41) is 11.4. The van der Waals surface area contributed by atoms with E-state index in [1.807, 2.05) is 0 Å². The molecule has 0 aromatic heterocycles. The van der Waals surface area contributed by atoms with Gasteiger partial charge in [0.2, 0.25) is 0 Å². The standard InChI is InChI=1S/C25H26F4N3O5Si/c1-38(2)22-18(26)9-15(10-19(22)27)30-23(35)21-17-4-3-16(37-24(28)29)8-14(17)5-6-32(21)25(36)31-11-13(12-31)7-20(33)34/h3-4,8-10,13,21,24H,5-7,11-12H2,1-2H3,(H,30,35)(H,33,34). The van der Waals surface area contributed by atoms with Crippen molar-refractivity contribution in [2.75, 3.05) is 25.0 Å². The predicted octanol–water partition coefficient (Wildman–Crippen LogP) is 3.59. The first-order valence-electron chi connectivity index (χ1n) is 11.9. The van der Waals surface area contributed by atoms with Crippen LogP contribution in [0.2, 0.25) is 13.1 Å². The number of rotatable bonds is 7. The lowest BCUT2D eigenvalue weighted by atomic mass is 9.91. The van der Waals surface area contributed by atoms with Gasteiger partial charge in [0.15, 0.2) is 0 Å². The van der Waals surface area contributed by atoms with Crippen LogP contribution < -0.4 is 15.2 Å². The molecule has 1 atom stereocenters. The van der Waals surface area contributed by atoms with Gasteiger partial charge >= 0.3 is 18.6 Å². The van der Waals surface area contributed by atoms with Gasteiger partial charge in [-0.05, 0) is 41.8 Å². The molecule has 2 N–H and O–H groups in total. The normalized spacial score (nSPS) is 17.3. The highest BCUT2D eigenvalue weighted by Gasteiger charge is 2.41. The molecule has 8 nitrogen and oxygen atoms in total. The fraction of sp³-hybridized carbons (Fsp3) is 0.400. The van der Waals surface area contributed by atoms with Crippen LogP contribution in [0.3, 0.4) is 0 Å². The van der Waals surface area contributed by atoms with Crippen molar-refractivity contribution in [2.24, 2.45) is 5.92 Å². The van der Waals surface area contributed by atoms with E-state index in [2.05, 4.69) is 10.1 Å². The number of hydrogen-bond donors (Lipinski definition) is 2. The molecule has 1 saturated heterocycles. The van der Waals surface area contributed by atoms with E-state index < -0.39 is 51.0 Å². The number of carboxylic acids is 1. The summed E-state index contributed by atoms with van der Waals surface area (Å²) in [6.45, 7) is 0.895. The maximum absolute atomic E-state index is 14.6. The monoisotopic (exact) mass is 552 g/mol. The second kappa shape index (κ2) is 11.0. The summed E-state index contributed by atoms with van der Waals surface area (Å²) < 4.78 is 59.0. The van der Waals surface area contributed by atoms with Crippen LogP contribution in [0, 0.1) is 17.6 Å². The van der Waals surface area contributed by atoms with Crippen LogP contribution in [0.15, 0.2) is 30.3 Å². The third-order valence-electron chi connectivity index (χ3n) is 6.56. The van der Waals surface area contributed by atoms with Crippen molar-refractivity contribution in [2.45, 2.75) is 38.6 Å². The Bertz CT molecular complexity index is 1230. The molecule has 3 amide bonds. The van der Waals surface area contributed by atoms with Crippen LogP contribution in [0.4, 0.5) is 28.0 Å². The van der Waals surface area contributed by atoms with E-state index in [0.29, 0.717) is 11.1 Å². The molecular formula is C25H26F4N3O5Si. The number of urea groups is 1. The number of carbonyl (C=O) groups excluding carboxylic acids is 2. The first kappa shape index (κ1) is 27.4. The van der Waals surface area contributed by atoms with Gasteiger partial charge in [-0.3, -0.25) is 9.59 Å². The van der Waals surface area contributed by atoms with Crippen molar-refractivity contribution in [3.05, 3.63) is 53.1 Å². The quantitative estimate of drug-likeness (QED) is 0.404. The Hall–Kier alpha value is -3.61. The van der Waals surface area contributed by atoms with Gasteiger partial charge in [-0.2, -0.15) is 8.78 Å². The molecule has 0 aliphatic carbocycles. The van der Waals surface area contributed by atoms with Gasteiger partial charge in [-0.25, -0.2) is 13.6 Å². The number of anilines is 1. The van der Waals surface area contributed by atoms with Gasteiger partial charge in [0.05, 0.1) is 15.2 Å². The first-order chi connectivity index (χ1) is 17.9. The molecule has 2 aromatic rings. The van der Waals surface area contributed by atoms with E-state index >= 15 is 0 Å². The zero-order valence-electron chi connectivity index (χ0n) is 20.6. The van der Waals surface area contributed by atoms with E-state index in [9.17, 15) is 31.9 Å². The van der Waals surface area contributed by atoms with Gasteiger partial charge in [0, 0.05) is 36.4 Å². The lowest BCUT2D eigenvalue weighted by Crippen LogP contribution is -2.58. The third kappa shape index (κ3) is 5.77. The van der Waals surface area contributed by atoms with Crippen LogP contribution in [0.5, 0.6) is 5.75 Å². The average molecular weight is 553 g/mol. The van der Waals surface area contributed by atoms with Crippen molar-refractivity contribution in [1.82, 2.24) is 9.80 Å². The summed E-state index contributed by atoms with van der Waals surface area (Å²) in [7, 11) is -1.45. The number of amides is 3. The fourth-order valence-electron chi connectivity index (χ4n) is 4.89. The second-order valence-electron chi connectivity index (χ2n) is 9.54. The highest BCUT2D eigenvalue weighted by atomic mass is 28.3. The number of ether oxygens (including phenoxy) is 1. The maximum atomic E-state index is 14.6. The van der Waals surface area contributed by atoms with Crippen molar-refractivity contribution >= 4 is 37.6 Å². The summed E-state index contributed by atoms with van der Waals surface area (Å²) in [6, 6.07) is 4.36. The molecule has 2 aliphatic heterocycles. The average Bonchev–Trinajstić information content (AvgIpc) is 2.78. The van der Waals surface area contributed by atoms with Crippen LogP contribution in [-0.4, -0.2) is 67.9 Å². The Balaban J connectivity index is 1.62. The topological polar surface area (TPSA) is 99.2 Å². The van der Waals surface area contributed by atoms with Gasteiger partial charge in [-0.15, -0.1) is 0 Å². The number of likely N-dealkylation sites (tertiary alicyclic amines) is 1. The zero-order valence-corrected chi connectivity index (χ0v) is 21.6. The molecule has 0 saturated carbocycles. The molecule has 1 fully saturated rings. The van der Waals surface area contributed by atoms with Gasteiger partial charge in [-0.1, -0.05) is 19.2 Å². The Morgan fingerprint density at radius 2 is 1.79 bits per heavy atom. The molecule has 203 valence electrons. The summed E-state index contributed by atoms with van der Waals surface area (Å²) in [4.78, 5) is 40.5. The Kier molecular flexibility index (Phi) is 7.95. The fourth-order valence-corrected chi connectivity index (χ4v) is 5.99. The van der Waals surface area contributed by atoms with E-state index in [1.165, 1.54) is 28.0 Å². The maximum Gasteiger partial charge on any atom is 0.387 e. The van der Waals surface area contributed by atoms with Crippen molar-refractivity contribution in [3.8, 4) is 5.75 Å². The SMILES string of the molecule is C[Si](C)c1c(F)cc(NC(=O)C2c3ccc(OC(F)F)cc3CCN2C(=O)N2CC(CC(=O)O)C2)cc1F. The zero-order chi connectivity index (χ0) is 27.7. The van der Waals surface area contributed by atoms with E-state index in [4.69, 9.17) is 5.11 Å². The minimum Gasteiger partial charge on any atom is -0.481 e. The molecule has 38 heavy (non-hydrogen) atoms. The number of benzene rings is 2. The number of halogens is 4. The van der Waals surface area contributed by atoms with Gasteiger partial charge in [0.25, 0.3) is 5.91 Å². The number of nitrogens with zero attached hydrogens (tertiary/aromatic N) is 2. The molecule has 0 spiro atoms. The minimum absolute atomic E-state index is 0.0203. The summed E-state index contributed by atoms with van der Waals surface area (Å²) in [6.07, 6.45) is 0.155. The summed E-state index contributed by atoms with van der Waals surface area (Å²) in [5.74, 6) is -3.59. The summed E-state index contributed by atoms with van der Waals surface area (Å²) >= 11 is 0. The van der Waals surface area contributed by atoms with Crippen LogP contribution in [0.25, 0.3) is 0 Å². The van der Waals surface area contributed by atoms with E-state index in [0.717, 1.165) is 12.1 Å². The molecule has 1 unspecified atom stereocenters. The highest BCUT2D eigenvalue weighted by molar-refractivity contribution is 6.70. The molecule has 2 aromatic carbocycles. The largest absolute Gasteiger partial charge is 0.481 e. The molecule has 4 rings (SSSR count). The Morgan fingerprint density at radius 1 is 1.13 bits per heavy atom. The lowest BCUT2D eigenvalue weighted by Gasteiger charge is -2.45. The number of nitrogens with one attached hydrogen (secondary N) is 1. The smallest absolute Gasteiger partial charge is 0.387 e. The summed E-state index contributed by atoms with van der Waals surface area (Å²) in [5.41, 5.74) is 0.743. The molecular weight excluding hydrogens is 526 g/mol. The number of aliphatic carboxylic acids is 1. The number of alkyl halides is 2. The molecule has 13 heteroatoms. The van der Waals surface area contributed by atoms with Gasteiger partial charge in [0.1, 0.15) is 23.4 Å². The number of carbonyl (C=O) groups is 3. The Morgan fingerprint density at radius 3 is 2.37 bits per heavy atom. The van der Waals surface area contributed by atoms with Crippen LogP contribution in [0.1, 0.15) is 23.6 Å². The van der Waals surface area contributed by atoms with Gasteiger partial charge < -0.3 is 25.0 Å². The highest BCUT2D eigenvalue weighted by Crippen LogP contribution is 2.35. The molecule has 2 heterocycles. The molecule has 2 aliphatic rings. The molecule has 0 bridgehead atoms. The number of fused-ring (bicyclic) bond motifs is 1. The molecule has 1 radical (unpaired) electrons. The number of carboxylic acid groups (broad SMARTS) is 1. The minimum atomic E-state index is -3.04. The van der Waals surface area contributed by atoms with Crippen molar-refractivity contribution < 1.29 is 41.8 Å². The first-order valence-corrected chi connectivity index (χ1v) is 14.4. The van der Waals surface area contributed by atoms with Crippen molar-refractivity contribution in [1.29, 1.82) is 0 Å². The second-order valence-corrected chi connectivity index (χ2v) is 12.0. The predicted molar refractivity (Wildman–Crippen MR) is 131 cm³/mol. The van der Waals surface area contributed by atoms with Crippen LogP contribution in [-0.2, 0) is 16.0 Å². The van der Waals surface area contributed by atoms with Crippen LogP contribution >= 0.6 is 0 Å². The number of hydrogen-bond acceptors (Lipinski definition) is 4. The lowest BCUT2D eigenvalue weighted by molar-refractivity contribution is -0.139. The van der Waals surface area contributed by atoms with E-state index in [-0.39, 0.29) is 55.0 Å². The van der Waals surface area contributed by atoms with Crippen molar-refractivity contribution in [3.63, 3.8) is 0 Å². The third-order valence-corrected chi connectivity index (χ3v) is 8.04. The Labute approximate surface area is 217 Å². The van der Waals surface area contributed by atoms with E-state index in [1.54, 1.807) is 13.1 Å².